The highest BCUT2D eigenvalue weighted by molar-refractivity contribution is 5.23. The molecule has 0 amide bonds. The van der Waals surface area contributed by atoms with Gasteiger partial charge in [-0.2, -0.15) is 0 Å². The monoisotopic (exact) mass is 242 g/mol. The van der Waals surface area contributed by atoms with E-state index in [9.17, 15) is 8.78 Å². The summed E-state index contributed by atoms with van der Waals surface area (Å²) in [6, 6.07) is 3.60. The molecular weight excluding hydrogens is 222 g/mol. The van der Waals surface area contributed by atoms with Crippen LogP contribution in [0.4, 0.5) is 8.78 Å². The summed E-state index contributed by atoms with van der Waals surface area (Å²) in [4.78, 5) is 1.93. The summed E-state index contributed by atoms with van der Waals surface area (Å²) in [6.45, 7) is 2.51. The molecule has 2 atom stereocenters. The van der Waals surface area contributed by atoms with Crippen LogP contribution in [0.25, 0.3) is 0 Å². The molecule has 0 aliphatic rings. The molecule has 96 valence electrons. The van der Waals surface area contributed by atoms with E-state index >= 15 is 0 Å². The van der Waals surface area contributed by atoms with Crippen LogP contribution in [-0.4, -0.2) is 25.5 Å². The Balaban J connectivity index is 3.13. The van der Waals surface area contributed by atoms with Crippen molar-refractivity contribution in [1.29, 1.82) is 0 Å². The van der Waals surface area contributed by atoms with Crippen LogP contribution in [0.2, 0.25) is 0 Å². The Bertz CT molecular complexity index is 362. The quantitative estimate of drug-likeness (QED) is 0.859. The van der Waals surface area contributed by atoms with Gasteiger partial charge >= 0.3 is 0 Å². The maximum atomic E-state index is 13.8. The van der Waals surface area contributed by atoms with Crippen LogP contribution in [0, 0.1) is 17.6 Å². The van der Waals surface area contributed by atoms with Gasteiger partial charge in [-0.15, -0.1) is 0 Å². The third-order valence-electron chi connectivity index (χ3n) is 3.11. The molecule has 1 aromatic rings. The van der Waals surface area contributed by atoms with Crippen molar-refractivity contribution in [3.63, 3.8) is 0 Å². The Morgan fingerprint density at radius 1 is 1.29 bits per heavy atom. The van der Waals surface area contributed by atoms with Gasteiger partial charge in [0.15, 0.2) is 0 Å². The van der Waals surface area contributed by atoms with E-state index in [4.69, 9.17) is 5.73 Å². The zero-order valence-corrected chi connectivity index (χ0v) is 10.6. The highest BCUT2D eigenvalue weighted by atomic mass is 19.1. The van der Waals surface area contributed by atoms with Gasteiger partial charge in [0.25, 0.3) is 0 Å². The van der Waals surface area contributed by atoms with Crippen molar-refractivity contribution >= 4 is 0 Å². The zero-order valence-electron chi connectivity index (χ0n) is 10.6. The lowest BCUT2D eigenvalue weighted by atomic mass is 9.89. The number of nitrogens with zero attached hydrogens (tertiary/aromatic N) is 1. The minimum Gasteiger partial charge on any atom is -0.330 e. The van der Waals surface area contributed by atoms with E-state index < -0.39 is 11.6 Å². The minimum atomic E-state index is -0.551. The Hall–Kier alpha value is -1.00. The van der Waals surface area contributed by atoms with E-state index in [1.54, 1.807) is 0 Å². The van der Waals surface area contributed by atoms with Crippen LogP contribution in [0.5, 0.6) is 0 Å². The van der Waals surface area contributed by atoms with Crippen molar-refractivity contribution in [3.8, 4) is 0 Å². The predicted octanol–water partition coefficient (Wildman–Crippen LogP) is 2.55. The van der Waals surface area contributed by atoms with Crippen LogP contribution in [0.3, 0.4) is 0 Å². The second-order valence-electron chi connectivity index (χ2n) is 4.48. The molecule has 0 saturated heterocycles. The molecule has 4 heteroatoms. The average molecular weight is 242 g/mol. The first-order valence-electron chi connectivity index (χ1n) is 5.82. The molecule has 2 nitrogen and oxygen atoms in total. The van der Waals surface area contributed by atoms with Gasteiger partial charge in [0.2, 0.25) is 0 Å². The molecule has 0 bridgehead atoms. The molecule has 0 aromatic heterocycles. The van der Waals surface area contributed by atoms with E-state index in [0.717, 1.165) is 12.5 Å². The summed E-state index contributed by atoms with van der Waals surface area (Å²) in [5.74, 6) is -0.898. The summed E-state index contributed by atoms with van der Waals surface area (Å²) < 4.78 is 26.7. The first kappa shape index (κ1) is 14.1. The number of benzene rings is 1. The Morgan fingerprint density at radius 3 is 2.35 bits per heavy atom. The lowest BCUT2D eigenvalue weighted by Crippen LogP contribution is -2.32. The molecule has 0 spiro atoms. The molecule has 1 rings (SSSR count). The van der Waals surface area contributed by atoms with Gasteiger partial charge in [0, 0.05) is 17.7 Å². The van der Waals surface area contributed by atoms with Crippen molar-refractivity contribution in [3.05, 3.63) is 35.4 Å². The highest BCUT2D eigenvalue weighted by Crippen LogP contribution is 2.30. The molecule has 0 fully saturated rings. The molecule has 0 aliphatic heterocycles. The normalized spacial score (nSPS) is 15.0. The average Bonchev–Trinajstić information content (AvgIpc) is 2.26. The smallest absolute Gasteiger partial charge is 0.130 e. The van der Waals surface area contributed by atoms with Gasteiger partial charge in [-0.05, 0) is 32.6 Å². The standard InChI is InChI=1S/C13H20F2N2/c1-4-9(8-16)13(17(2)3)11-6-5-10(14)7-12(11)15/h5-7,9,13H,4,8,16H2,1-3H3. The third kappa shape index (κ3) is 3.23. The van der Waals surface area contributed by atoms with Gasteiger partial charge in [-0.1, -0.05) is 19.4 Å². The van der Waals surface area contributed by atoms with E-state index in [1.807, 2.05) is 25.9 Å². The summed E-state index contributed by atoms with van der Waals surface area (Å²) in [6.07, 6.45) is 0.857. The van der Waals surface area contributed by atoms with E-state index in [1.165, 1.54) is 12.1 Å². The fourth-order valence-electron chi connectivity index (χ4n) is 2.21. The van der Waals surface area contributed by atoms with Crippen LogP contribution in [-0.2, 0) is 0 Å². The van der Waals surface area contributed by atoms with E-state index in [2.05, 4.69) is 0 Å². The van der Waals surface area contributed by atoms with Crippen molar-refractivity contribution in [2.24, 2.45) is 11.7 Å². The molecule has 0 heterocycles. The van der Waals surface area contributed by atoms with Crippen LogP contribution < -0.4 is 5.73 Å². The Kier molecular flexibility index (Phi) is 5.02. The van der Waals surface area contributed by atoms with Crippen LogP contribution in [0.15, 0.2) is 18.2 Å². The van der Waals surface area contributed by atoms with Crippen LogP contribution >= 0.6 is 0 Å². The first-order valence-corrected chi connectivity index (χ1v) is 5.82. The topological polar surface area (TPSA) is 29.3 Å². The number of rotatable bonds is 5. The largest absolute Gasteiger partial charge is 0.330 e. The summed E-state index contributed by atoms with van der Waals surface area (Å²) in [7, 11) is 3.76. The Labute approximate surface area is 101 Å². The maximum absolute atomic E-state index is 13.8. The molecular formula is C13H20F2N2. The lowest BCUT2D eigenvalue weighted by Gasteiger charge is -2.31. The second kappa shape index (κ2) is 6.07. The molecule has 0 radical (unpaired) electrons. The van der Waals surface area contributed by atoms with Gasteiger partial charge in [0.1, 0.15) is 11.6 Å². The van der Waals surface area contributed by atoms with Gasteiger partial charge < -0.3 is 10.6 Å². The molecule has 1 aromatic carbocycles. The summed E-state index contributed by atoms with van der Waals surface area (Å²) in [5, 5.41) is 0. The number of nitrogens with two attached hydrogens (primary N) is 1. The van der Waals surface area contributed by atoms with E-state index in [-0.39, 0.29) is 12.0 Å². The number of hydrogen-bond acceptors (Lipinski definition) is 2. The van der Waals surface area contributed by atoms with E-state index in [0.29, 0.717) is 12.1 Å². The number of hydrogen-bond donors (Lipinski definition) is 1. The fourth-order valence-corrected chi connectivity index (χ4v) is 2.21. The second-order valence-corrected chi connectivity index (χ2v) is 4.48. The molecule has 2 unspecified atom stereocenters. The summed E-state index contributed by atoms with van der Waals surface area (Å²) in [5.41, 5.74) is 6.22. The minimum absolute atomic E-state index is 0.120. The first-order chi connectivity index (χ1) is 8.01. The van der Waals surface area contributed by atoms with Crippen molar-refractivity contribution in [2.45, 2.75) is 19.4 Å². The van der Waals surface area contributed by atoms with Crippen molar-refractivity contribution in [1.82, 2.24) is 4.90 Å². The SMILES string of the molecule is CCC(CN)C(c1ccc(F)cc1F)N(C)C. The summed E-state index contributed by atoms with van der Waals surface area (Å²) >= 11 is 0. The van der Waals surface area contributed by atoms with Gasteiger partial charge in [-0.25, -0.2) is 8.78 Å². The molecule has 17 heavy (non-hydrogen) atoms. The molecule has 2 N–H and O–H groups in total. The fraction of sp³-hybridized carbons (Fsp3) is 0.538. The lowest BCUT2D eigenvalue weighted by molar-refractivity contribution is 0.205. The zero-order chi connectivity index (χ0) is 13.0. The Morgan fingerprint density at radius 2 is 1.94 bits per heavy atom. The van der Waals surface area contributed by atoms with Gasteiger partial charge in [0.05, 0.1) is 0 Å². The number of halogens is 2. The highest BCUT2D eigenvalue weighted by Gasteiger charge is 2.25. The van der Waals surface area contributed by atoms with Crippen LogP contribution in [0.1, 0.15) is 24.9 Å². The van der Waals surface area contributed by atoms with Gasteiger partial charge in [-0.3, -0.25) is 0 Å². The predicted molar refractivity (Wildman–Crippen MR) is 65.6 cm³/mol. The third-order valence-corrected chi connectivity index (χ3v) is 3.11. The molecule has 0 saturated carbocycles. The van der Waals surface area contributed by atoms with Crippen molar-refractivity contribution in [2.75, 3.05) is 20.6 Å². The van der Waals surface area contributed by atoms with Crippen molar-refractivity contribution < 1.29 is 8.78 Å². The maximum Gasteiger partial charge on any atom is 0.130 e. The molecule has 0 aliphatic carbocycles.